The number of piperazine rings is 1. The minimum atomic E-state index is -0.898. The van der Waals surface area contributed by atoms with Gasteiger partial charge in [0.05, 0.1) is 12.5 Å². The van der Waals surface area contributed by atoms with Crippen LogP contribution in [-0.4, -0.2) is 41.5 Å². The van der Waals surface area contributed by atoms with E-state index in [0.717, 1.165) is 0 Å². The standard InChI is InChI=1S/C6H12N2O3/c9-5(10)3-4-6(11)8-2-1-7-4/h4,6-8,11H,1-3H2,(H,9,10). The molecule has 5 heteroatoms. The molecule has 4 N–H and O–H groups in total. The first-order chi connectivity index (χ1) is 5.20. The van der Waals surface area contributed by atoms with Crippen molar-refractivity contribution in [2.45, 2.75) is 18.7 Å². The lowest BCUT2D eigenvalue weighted by molar-refractivity contribution is -0.138. The molecule has 0 radical (unpaired) electrons. The largest absolute Gasteiger partial charge is 0.481 e. The van der Waals surface area contributed by atoms with Gasteiger partial charge in [0.2, 0.25) is 0 Å². The van der Waals surface area contributed by atoms with E-state index < -0.39 is 12.2 Å². The van der Waals surface area contributed by atoms with Crippen LogP contribution in [-0.2, 0) is 4.79 Å². The SMILES string of the molecule is O=C(O)CC1NCCNC1O. The fraction of sp³-hybridized carbons (Fsp3) is 0.833. The minimum Gasteiger partial charge on any atom is -0.481 e. The summed E-state index contributed by atoms with van der Waals surface area (Å²) >= 11 is 0. The van der Waals surface area contributed by atoms with Crippen LogP contribution in [0.2, 0.25) is 0 Å². The predicted molar refractivity (Wildman–Crippen MR) is 38.1 cm³/mol. The third kappa shape index (κ3) is 2.45. The molecule has 1 saturated heterocycles. The molecule has 11 heavy (non-hydrogen) atoms. The lowest BCUT2D eigenvalue weighted by atomic mass is 10.1. The van der Waals surface area contributed by atoms with Crippen LogP contribution in [0, 0.1) is 0 Å². The molecular formula is C6H12N2O3. The molecule has 5 nitrogen and oxygen atoms in total. The molecule has 0 aliphatic carbocycles. The average Bonchev–Trinajstić information content (AvgIpc) is 1.93. The molecule has 0 saturated carbocycles. The Hall–Kier alpha value is -0.650. The van der Waals surface area contributed by atoms with Crippen molar-refractivity contribution in [2.24, 2.45) is 0 Å². The summed E-state index contributed by atoms with van der Waals surface area (Å²) in [7, 11) is 0. The van der Waals surface area contributed by atoms with Crippen LogP contribution in [0.1, 0.15) is 6.42 Å². The van der Waals surface area contributed by atoms with E-state index in [1.807, 2.05) is 0 Å². The Kier molecular flexibility index (Phi) is 2.81. The summed E-state index contributed by atoms with van der Waals surface area (Å²) in [5.41, 5.74) is 0. The average molecular weight is 160 g/mol. The van der Waals surface area contributed by atoms with E-state index in [1.165, 1.54) is 0 Å². The molecule has 0 aromatic rings. The number of rotatable bonds is 2. The molecule has 0 amide bonds. The molecule has 1 aliphatic heterocycles. The van der Waals surface area contributed by atoms with E-state index in [9.17, 15) is 9.90 Å². The molecule has 1 rings (SSSR count). The smallest absolute Gasteiger partial charge is 0.305 e. The van der Waals surface area contributed by atoms with Crippen LogP contribution in [0.25, 0.3) is 0 Å². The summed E-state index contributed by atoms with van der Waals surface area (Å²) in [6.45, 7) is 1.38. The normalized spacial score (nSPS) is 31.7. The fourth-order valence-corrected chi connectivity index (χ4v) is 1.10. The maximum Gasteiger partial charge on any atom is 0.305 e. The van der Waals surface area contributed by atoms with Gasteiger partial charge in [-0.15, -0.1) is 0 Å². The number of carboxylic acids is 1. The van der Waals surface area contributed by atoms with Crippen molar-refractivity contribution in [2.75, 3.05) is 13.1 Å². The molecule has 0 aromatic carbocycles. The maximum atomic E-state index is 10.2. The molecule has 1 aliphatic rings. The molecule has 2 unspecified atom stereocenters. The van der Waals surface area contributed by atoms with Crippen LogP contribution >= 0.6 is 0 Å². The van der Waals surface area contributed by atoms with Gasteiger partial charge in [-0.1, -0.05) is 0 Å². The minimum absolute atomic E-state index is 0.0475. The summed E-state index contributed by atoms with van der Waals surface area (Å²) in [4.78, 5) is 10.2. The molecule has 0 aromatic heterocycles. The lowest BCUT2D eigenvalue weighted by Crippen LogP contribution is -2.56. The molecule has 1 fully saturated rings. The Morgan fingerprint density at radius 2 is 2.09 bits per heavy atom. The molecule has 0 bridgehead atoms. The third-order valence-electron chi connectivity index (χ3n) is 1.66. The fourth-order valence-electron chi connectivity index (χ4n) is 1.10. The lowest BCUT2D eigenvalue weighted by Gasteiger charge is -2.28. The molecule has 64 valence electrons. The van der Waals surface area contributed by atoms with Gasteiger partial charge in [0.25, 0.3) is 0 Å². The van der Waals surface area contributed by atoms with Gasteiger partial charge in [-0.2, -0.15) is 0 Å². The van der Waals surface area contributed by atoms with Crippen molar-refractivity contribution in [1.29, 1.82) is 0 Å². The number of aliphatic carboxylic acids is 1. The van der Waals surface area contributed by atoms with Crippen molar-refractivity contribution in [3.8, 4) is 0 Å². The summed E-state index contributed by atoms with van der Waals surface area (Å²) in [5, 5.41) is 23.3. The number of aliphatic hydroxyl groups excluding tert-OH is 1. The van der Waals surface area contributed by atoms with Crippen molar-refractivity contribution >= 4 is 5.97 Å². The van der Waals surface area contributed by atoms with Crippen molar-refractivity contribution in [1.82, 2.24) is 10.6 Å². The second-order valence-corrected chi connectivity index (χ2v) is 2.56. The number of hydrogen-bond donors (Lipinski definition) is 4. The van der Waals surface area contributed by atoms with Crippen molar-refractivity contribution in [3.05, 3.63) is 0 Å². The predicted octanol–water partition coefficient (Wildman–Crippen LogP) is -1.66. The van der Waals surface area contributed by atoms with Gasteiger partial charge >= 0.3 is 5.97 Å². The summed E-state index contributed by atoms with van der Waals surface area (Å²) in [6.07, 6.45) is -0.784. The highest BCUT2D eigenvalue weighted by molar-refractivity contribution is 5.67. The second kappa shape index (κ2) is 3.66. The highest BCUT2D eigenvalue weighted by atomic mass is 16.4. The van der Waals surface area contributed by atoms with Gasteiger partial charge in [0, 0.05) is 13.1 Å². The zero-order chi connectivity index (χ0) is 8.27. The molecule has 0 spiro atoms. The topological polar surface area (TPSA) is 81.6 Å². The summed E-state index contributed by atoms with van der Waals surface area (Å²) < 4.78 is 0. The van der Waals surface area contributed by atoms with Gasteiger partial charge in [-0.05, 0) is 0 Å². The second-order valence-electron chi connectivity index (χ2n) is 2.56. The van der Waals surface area contributed by atoms with E-state index in [0.29, 0.717) is 13.1 Å². The van der Waals surface area contributed by atoms with Gasteiger partial charge in [0.1, 0.15) is 6.23 Å². The third-order valence-corrected chi connectivity index (χ3v) is 1.66. The molecule has 2 atom stereocenters. The van der Waals surface area contributed by atoms with E-state index in [-0.39, 0.29) is 12.5 Å². The Morgan fingerprint density at radius 3 is 2.64 bits per heavy atom. The summed E-state index contributed by atoms with van der Waals surface area (Å²) in [6, 6.07) is -0.360. The Balaban J connectivity index is 2.35. The van der Waals surface area contributed by atoms with Gasteiger partial charge in [-0.3, -0.25) is 10.1 Å². The monoisotopic (exact) mass is 160 g/mol. The Morgan fingerprint density at radius 1 is 1.45 bits per heavy atom. The summed E-state index contributed by atoms with van der Waals surface area (Å²) in [5.74, 6) is -0.898. The first-order valence-electron chi connectivity index (χ1n) is 3.57. The molecule has 1 heterocycles. The van der Waals surface area contributed by atoms with Gasteiger partial charge in [0.15, 0.2) is 0 Å². The van der Waals surface area contributed by atoms with Gasteiger partial charge < -0.3 is 15.5 Å². The first-order valence-corrected chi connectivity index (χ1v) is 3.57. The van der Waals surface area contributed by atoms with Crippen LogP contribution in [0.4, 0.5) is 0 Å². The van der Waals surface area contributed by atoms with E-state index >= 15 is 0 Å². The quantitative estimate of drug-likeness (QED) is 0.389. The first kappa shape index (κ1) is 8.45. The number of carboxylic acid groups (broad SMARTS) is 1. The number of nitrogens with one attached hydrogen (secondary N) is 2. The van der Waals surface area contributed by atoms with Crippen LogP contribution in [0.5, 0.6) is 0 Å². The highest BCUT2D eigenvalue weighted by Crippen LogP contribution is 1.99. The van der Waals surface area contributed by atoms with E-state index in [4.69, 9.17) is 5.11 Å². The van der Waals surface area contributed by atoms with Crippen LogP contribution in [0.3, 0.4) is 0 Å². The number of hydrogen-bond acceptors (Lipinski definition) is 4. The van der Waals surface area contributed by atoms with E-state index in [1.54, 1.807) is 0 Å². The van der Waals surface area contributed by atoms with Crippen molar-refractivity contribution in [3.63, 3.8) is 0 Å². The zero-order valence-electron chi connectivity index (χ0n) is 6.08. The van der Waals surface area contributed by atoms with Gasteiger partial charge in [-0.25, -0.2) is 0 Å². The Bertz CT molecular complexity index is 151. The van der Waals surface area contributed by atoms with Crippen LogP contribution < -0.4 is 10.6 Å². The number of carbonyl (C=O) groups is 1. The van der Waals surface area contributed by atoms with E-state index in [2.05, 4.69) is 10.6 Å². The van der Waals surface area contributed by atoms with Crippen molar-refractivity contribution < 1.29 is 15.0 Å². The highest BCUT2D eigenvalue weighted by Gasteiger charge is 2.23. The Labute approximate surface area is 64.4 Å². The molecular weight excluding hydrogens is 148 g/mol. The van der Waals surface area contributed by atoms with Crippen LogP contribution in [0.15, 0.2) is 0 Å². The number of aliphatic hydroxyl groups is 1. The zero-order valence-corrected chi connectivity index (χ0v) is 6.08. The maximum absolute atomic E-state index is 10.2.